The molecule has 148 valence electrons. The number of aryl methyl sites for hydroxylation is 2. The third kappa shape index (κ3) is 2.64. The van der Waals surface area contributed by atoms with Crippen molar-refractivity contribution in [2.45, 2.75) is 19.9 Å². The highest BCUT2D eigenvalue weighted by atomic mass is 19.1. The van der Waals surface area contributed by atoms with E-state index in [1.54, 1.807) is 55.5 Å². The Hall–Kier alpha value is -3.80. The summed E-state index contributed by atoms with van der Waals surface area (Å²) in [5, 5.41) is 0.363. The van der Waals surface area contributed by atoms with Crippen LogP contribution in [0.2, 0.25) is 0 Å². The number of benzene rings is 2. The third-order valence-electron chi connectivity index (χ3n) is 5.35. The van der Waals surface area contributed by atoms with Crippen LogP contribution in [0.3, 0.4) is 0 Å². The number of hydrogen-bond acceptors (Lipinski definition) is 4. The summed E-state index contributed by atoms with van der Waals surface area (Å²) >= 11 is 0. The fraction of sp³-hybridized carbons (Fsp3) is 0.125. The lowest BCUT2D eigenvalue weighted by Crippen LogP contribution is -2.31. The number of pyridine rings is 1. The summed E-state index contributed by atoms with van der Waals surface area (Å²) in [7, 11) is 0. The Kier molecular flexibility index (Phi) is 4.03. The van der Waals surface area contributed by atoms with Crippen molar-refractivity contribution in [3.05, 3.63) is 105 Å². The smallest absolute Gasteiger partial charge is 0.296 e. The van der Waals surface area contributed by atoms with Gasteiger partial charge in [-0.25, -0.2) is 9.37 Å². The van der Waals surface area contributed by atoms with Crippen LogP contribution in [0.1, 0.15) is 39.0 Å². The highest BCUT2D eigenvalue weighted by Crippen LogP contribution is 2.41. The van der Waals surface area contributed by atoms with E-state index in [-0.39, 0.29) is 22.3 Å². The number of amides is 1. The van der Waals surface area contributed by atoms with Gasteiger partial charge in [0.25, 0.3) is 5.91 Å². The highest BCUT2D eigenvalue weighted by Gasteiger charge is 2.45. The van der Waals surface area contributed by atoms with Gasteiger partial charge in [-0.05, 0) is 44.2 Å². The molecule has 0 bridgehead atoms. The zero-order valence-corrected chi connectivity index (χ0v) is 16.3. The second-order valence-electron chi connectivity index (χ2n) is 7.41. The van der Waals surface area contributed by atoms with E-state index in [1.165, 1.54) is 11.0 Å². The summed E-state index contributed by atoms with van der Waals surface area (Å²) in [6.45, 7) is 3.67. The quantitative estimate of drug-likeness (QED) is 0.490. The van der Waals surface area contributed by atoms with E-state index in [1.807, 2.05) is 13.0 Å². The Morgan fingerprint density at radius 2 is 1.80 bits per heavy atom. The van der Waals surface area contributed by atoms with Gasteiger partial charge in [0.1, 0.15) is 17.2 Å². The molecular formula is C24H17FN2O3. The summed E-state index contributed by atoms with van der Waals surface area (Å²) in [5.74, 6) is -0.771. The minimum Gasteiger partial charge on any atom is -0.450 e. The van der Waals surface area contributed by atoms with Crippen LogP contribution < -0.4 is 10.3 Å². The van der Waals surface area contributed by atoms with Gasteiger partial charge in [-0.2, -0.15) is 0 Å². The van der Waals surface area contributed by atoms with Crippen molar-refractivity contribution < 1.29 is 13.6 Å². The number of anilines is 1. The third-order valence-corrected chi connectivity index (χ3v) is 5.35. The number of halogens is 1. The molecule has 2 aromatic carbocycles. The van der Waals surface area contributed by atoms with Crippen LogP contribution in [-0.2, 0) is 0 Å². The van der Waals surface area contributed by atoms with Crippen LogP contribution in [0.15, 0.2) is 69.9 Å². The fourth-order valence-corrected chi connectivity index (χ4v) is 3.98. The van der Waals surface area contributed by atoms with Gasteiger partial charge < -0.3 is 4.42 Å². The number of nitrogens with zero attached hydrogens (tertiary/aromatic N) is 2. The SMILES string of the molecule is Cc1ccc2oc3c(c(=O)c2c1)C(c1ccccc1F)N(c1cccc(C)n1)C3=O. The molecule has 1 unspecified atom stereocenters. The molecular weight excluding hydrogens is 383 g/mol. The first-order valence-electron chi connectivity index (χ1n) is 9.54. The lowest BCUT2D eigenvalue weighted by molar-refractivity contribution is 0.0970. The zero-order valence-electron chi connectivity index (χ0n) is 16.3. The van der Waals surface area contributed by atoms with E-state index in [9.17, 15) is 14.0 Å². The summed E-state index contributed by atoms with van der Waals surface area (Å²) < 4.78 is 20.7. The Bertz CT molecular complexity index is 1390. The zero-order chi connectivity index (χ0) is 21.0. The first kappa shape index (κ1) is 18.2. The minimum atomic E-state index is -0.968. The van der Waals surface area contributed by atoms with E-state index < -0.39 is 17.8 Å². The molecule has 1 atom stereocenters. The maximum absolute atomic E-state index is 14.8. The normalized spacial score (nSPS) is 15.6. The van der Waals surface area contributed by atoms with Crippen LogP contribution in [0.5, 0.6) is 0 Å². The summed E-state index contributed by atoms with van der Waals surface area (Å²) in [6.07, 6.45) is 0. The van der Waals surface area contributed by atoms with Gasteiger partial charge in [0, 0.05) is 11.3 Å². The van der Waals surface area contributed by atoms with E-state index >= 15 is 0 Å². The van der Waals surface area contributed by atoms with Gasteiger partial charge >= 0.3 is 0 Å². The summed E-state index contributed by atoms with van der Waals surface area (Å²) in [5.41, 5.74) is 1.91. The van der Waals surface area contributed by atoms with Crippen LogP contribution in [-0.4, -0.2) is 10.9 Å². The molecule has 3 heterocycles. The van der Waals surface area contributed by atoms with Gasteiger partial charge in [0.2, 0.25) is 5.76 Å². The van der Waals surface area contributed by atoms with Crippen LogP contribution in [0, 0.1) is 19.7 Å². The molecule has 4 aromatic rings. The molecule has 0 radical (unpaired) electrons. The van der Waals surface area contributed by atoms with Crippen molar-refractivity contribution in [3.63, 3.8) is 0 Å². The minimum absolute atomic E-state index is 0.0760. The van der Waals surface area contributed by atoms with Crippen LogP contribution >= 0.6 is 0 Å². The molecule has 30 heavy (non-hydrogen) atoms. The molecule has 2 aromatic heterocycles. The largest absolute Gasteiger partial charge is 0.450 e. The number of carbonyl (C=O) groups is 1. The molecule has 1 aliphatic rings. The average molecular weight is 400 g/mol. The van der Waals surface area contributed by atoms with Crippen molar-refractivity contribution >= 4 is 22.7 Å². The number of rotatable bonds is 2. The Morgan fingerprint density at radius 3 is 2.57 bits per heavy atom. The second-order valence-corrected chi connectivity index (χ2v) is 7.41. The van der Waals surface area contributed by atoms with E-state index in [0.717, 1.165) is 5.56 Å². The summed E-state index contributed by atoms with van der Waals surface area (Å²) in [6, 6.07) is 15.6. The molecule has 1 aliphatic heterocycles. The Morgan fingerprint density at radius 1 is 1.00 bits per heavy atom. The Balaban J connectivity index is 1.86. The van der Waals surface area contributed by atoms with Gasteiger partial charge in [-0.1, -0.05) is 35.9 Å². The van der Waals surface area contributed by atoms with Gasteiger partial charge in [0.15, 0.2) is 5.43 Å². The van der Waals surface area contributed by atoms with Gasteiger partial charge in [0.05, 0.1) is 17.0 Å². The molecule has 1 amide bonds. The van der Waals surface area contributed by atoms with Gasteiger partial charge in [-0.15, -0.1) is 0 Å². The molecule has 0 N–H and O–H groups in total. The van der Waals surface area contributed by atoms with E-state index in [0.29, 0.717) is 22.5 Å². The predicted molar refractivity (Wildman–Crippen MR) is 111 cm³/mol. The van der Waals surface area contributed by atoms with Gasteiger partial charge in [-0.3, -0.25) is 14.5 Å². The van der Waals surface area contributed by atoms with Crippen LogP contribution in [0.4, 0.5) is 10.2 Å². The van der Waals surface area contributed by atoms with Crippen molar-refractivity contribution in [1.82, 2.24) is 4.98 Å². The number of aromatic nitrogens is 1. The highest BCUT2D eigenvalue weighted by molar-refractivity contribution is 6.10. The monoisotopic (exact) mass is 400 g/mol. The fourth-order valence-electron chi connectivity index (χ4n) is 3.98. The molecule has 5 rings (SSSR count). The van der Waals surface area contributed by atoms with Crippen LogP contribution in [0.25, 0.3) is 11.0 Å². The first-order valence-corrected chi connectivity index (χ1v) is 9.54. The van der Waals surface area contributed by atoms with Crippen molar-refractivity contribution in [2.75, 3.05) is 4.90 Å². The molecule has 0 aliphatic carbocycles. The maximum Gasteiger partial charge on any atom is 0.296 e. The topological polar surface area (TPSA) is 63.4 Å². The molecule has 0 saturated carbocycles. The van der Waals surface area contributed by atoms with Crippen molar-refractivity contribution in [1.29, 1.82) is 0 Å². The average Bonchev–Trinajstić information content (AvgIpc) is 3.01. The number of carbonyl (C=O) groups excluding carboxylic acids is 1. The lowest BCUT2D eigenvalue weighted by Gasteiger charge is -2.24. The van der Waals surface area contributed by atoms with E-state index in [2.05, 4.69) is 4.98 Å². The van der Waals surface area contributed by atoms with Crippen molar-refractivity contribution in [2.24, 2.45) is 0 Å². The molecule has 0 fully saturated rings. The maximum atomic E-state index is 14.8. The second kappa shape index (κ2) is 6.62. The standard InChI is InChI=1S/C24H17FN2O3/c1-13-10-11-18-16(12-13)22(28)20-21(15-7-3-4-8-17(15)25)27(24(29)23(20)30-18)19-9-5-6-14(2)26-19/h3-12,21H,1-2H3. The number of hydrogen-bond donors (Lipinski definition) is 0. The first-order chi connectivity index (χ1) is 14.5. The van der Waals surface area contributed by atoms with E-state index in [4.69, 9.17) is 4.42 Å². The number of fused-ring (bicyclic) bond motifs is 2. The van der Waals surface area contributed by atoms with Crippen molar-refractivity contribution in [3.8, 4) is 0 Å². The molecule has 0 saturated heterocycles. The predicted octanol–water partition coefficient (Wildman–Crippen LogP) is 4.69. The Labute approximate surface area is 171 Å². The lowest BCUT2D eigenvalue weighted by atomic mass is 9.97. The molecule has 6 heteroatoms. The summed E-state index contributed by atoms with van der Waals surface area (Å²) in [4.78, 5) is 32.7. The molecule has 0 spiro atoms. The molecule has 5 nitrogen and oxygen atoms in total.